The maximum atomic E-state index is 13.2. The molecule has 2 aliphatic rings. The standard InChI is InChI=1S/C28H37N3O6S/c1-17(27(33)29-22-14-19-9-10-20(22)12-19)11-24(32)23(13-18-7-5-4-6-8-18)30-28(34)21-15-25(37-2)31-26(16-21)38(3,35)36/h4-8,15-17,19-20,22-24,32H,9-14H2,1-3H3,(H,29,33)(H,30,34)/t17-,19?,20?,22?,23+,24+/m1/s1. The molecule has 0 aliphatic heterocycles. The highest BCUT2D eigenvalue weighted by Crippen LogP contribution is 2.44. The summed E-state index contributed by atoms with van der Waals surface area (Å²) in [6, 6.07) is 11.4. The number of fused-ring (bicyclic) bond motifs is 2. The number of aliphatic hydroxyl groups excluding tert-OH is 1. The molecule has 2 aliphatic carbocycles. The predicted octanol–water partition coefficient (Wildman–Crippen LogP) is 2.53. The number of carbonyl (C=O) groups is 2. The van der Waals surface area contributed by atoms with Crippen LogP contribution in [0.4, 0.5) is 0 Å². The van der Waals surface area contributed by atoms with E-state index in [0.717, 1.165) is 18.2 Å². The van der Waals surface area contributed by atoms with Gasteiger partial charge in [0, 0.05) is 29.8 Å². The predicted molar refractivity (Wildman–Crippen MR) is 142 cm³/mol. The molecule has 9 nitrogen and oxygen atoms in total. The van der Waals surface area contributed by atoms with E-state index < -0.39 is 33.8 Å². The summed E-state index contributed by atoms with van der Waals surface area (Å²) in [4.78, 5) is 30.1. The molecule has 2 fully saturated rings. The van der Waals surface area contributed by atoms with Crippen LogP contribution >= 0.6 is 0 Å². The smallest absolute Gasteiger partial charge is 0.251 e. The number of methoxy groups -OCH3 is 1. The van der Waals surface area contributed by atoms with Gasteiger partial charge in [0.25, 0.3) is 5.91 Å². The molecule has 1 aromatic heterocycles. The quantitative estimate of drug-likeness (QED) is 0.396. The van der Waals surface area contributed by atoms with E-state index in [9.17, 15) is 23.1 Å². The number of pyridine rings is 1. The van der Waals surface area contributed by atoms with Gasteiger partial charge < -0.3 is 20.5 Å². The van der Waals surface area contributed by atoms with E-state index >= 15 is 0 Å². The van der Waals surface area contributed by atoms with Crippen LogP contribution in [0.15, 0.2) is 47.5 Å². The summed E-state index contributed by atoms with van der Waals surface area (Å²) in [6.45, 7) is 1.79. The fraction of sp³-hybridized carbons (Fsp3) is 0.536. The molecule has 4 rings (SSSR count). The molecule has 2 saturated carbocycles. The van der Waals surface area contributed by atoms with Crippen LogP contribution in [0.2, 0.25) is 0 Å². The Morgan fingerprint density at radius 2 is 1.89 bits per heavy atom. The van der Waals surface area contributed by atoms with E-state index in [1.54, 1.807) is 6.92 Å². The summed E-state index contributed by atoms with van der Waals surface area (Å²) in [6.07, 6.45) is 5.12. The molecule has 0 spiro atoms. The number of benzene rings is 1. The third kappa shape index (κ3) is 6.91. The number of nitrogens with zero attached hydrogens (tertiary/aromatic N) is 1. The lowest BCUT2D eigenvalue weighted by atomic mass is 9.92. The van der Waals surface area contributed by atoms with Crippen LogP contribution in [0.1, 0.15) is 54.9 Å². The average Bonchev–Trinajstić information content (AvgIpc) is 3.51. The number of sulfone groups is 1. The van der Waals surface area contributed by atoms with E-state index in [-0.39, 0.29) is 34.8 Å². The van der Waals surface area contributed by atoms with Crippen LogP contribution in [0, 0.1) is 17.8 Å². The lowest BCUT2D eigenvalue weighted by Crippen LogP contribution is -2.47. The van der Waals surface area contributed by atoms with Crippen molar-refractivity contribution < 1.29 is 27.9 Å². The molecular weight excluding hydrogens is 506 g/mol. The van der Waals surface area contributed by atoms with Crippen molar-refractivity contribution in [1.29, 1.82) is 0 Å². The van der Waals surface area contributed by atoms with Crippen molar-refractivity contribution in [1.82, 2.24) is 15.6 Å². The number of aromatic nitrogens is 1. The Hall–Kier alpha value is -2.98. The van der Waals surface area contributed by atoms with E-state index in [1.807, 2.05) is 30.3 Å². The molecule has 10 heteroatoms. The van der Waals surface area contributed by atoms with E-state index in [2.05, 4.69) is 15.6 Å². The van der Waals surface area contributed by atoms with Crippen molar-refractivity contribution in [2.45, 2.75) is 68.7 Å². The van der Waals surface area contributed by atoms with Crippen LogP contribution in [0.25, 0.3) is 0 Å². The van der Waals surface area contributed by atoms with Gasteiger partial charge in [-0.1, -0.05) is 43.7 Å². The van der Waals surface area contributed by atoms with Gasteiger partial charge in [0.15, 0.2) is 14.9 Å². The number of rotatable bonds is 11. The van der Waals surface area contributed by atoms with Gasteiger partial charge in [-0.2, -0.15) is 0 Å². The number of aliphatic hydroxyl groups is 1. The van der Waals surface area contributed by atoms with Gasteiger partial charge in [0.1, 0.15) is 0 Å². The molecular formula is C28H37N3O6S. The van der Waals surface area contributed by atoms with Crippen molar-refractivity contribution in [3.05, 3.63) is 53.6 Å². The van der Waals surface area contributed by atoms with Crippen molar-refractivity contribution in [3.63, 3.8) is 0 Å². The van der Waals surface area contributed by atoms with Crippen LogP contribution in [0.3, 0.4) is 0 Å². The first kappa shape index (κ1) is 28.0. The number of ether oxygens (including phenoxy) is 1. The topological polar surface area (TPSA) is 135 Å². The molecule has 1 heterocycles. The van der Waals surface area contributed by atoms with E-state index in [0.29, 0.717) is 18.3 Å². The Labute approximate surface area is 224 Å². The number of amides is 2. The molecule has 3 unspecified atom stereocenters. The molecule has 6 atom stereocenters. The van der Waals surface area contributed by atoms with Crippen molar-refractivity contribution in [2.24, 2.45) is 17.8 Å². The summed E-state index contributed by atoms with van der Waals surface area (Å²) < 4.78 is 29.2. The summed E-state index contributed by atoms with van der Waals surface area (Å²) >= 11 is 0. The van der Waals surface area contributed by atoms with Crippen molar-refractivity contribution in [3.8, 4) is 5.88 Å². The Morgan fingerprint density at radius 3 is 2.50 bits per heavy atom. The second kappa shape index (κ2) is 11.8. The van der Waals surface area contributed by atoms with Gasteiger partial charge >= 0.3 is 0 Å². The van der Waals surface area contributed by atoms with Gasteiger partial charge in [0.05, 0.1) is 19.3 Å². The third-order valence-electron chi connectivity index (χ3n) is 7.82. The molecule has 3 N–H and O–H groups in total. The second-order valence-electron chi connectivity index (χ2n) is 10.8. The third-order valence-corrected chi connectivity index (χ3v) is 8.79. The highest BCUT2D eigenvalue weighted by molar-refractivity contribution is 7.90. The van der Waals surface area contributed by atoms with E-state index in [1.165, 1.54) is 38.5 Å². The van der Waals surface area contributed by atoms with Gasteiger partial charge in [0.2, 0.25) is 11.8 Å². The Bertz CT molecular complexity index is 1250. The molecule has 0 radical (unpaired) electrons. The average molecular weight is 544 g/mol. The SMILES string of the molecule is COc1cc(C(=O)N[C@@H](Cc2ccccc2)[C@@H](O)C[C@@H](C)C(=O)NC2CC3CCC2C3)cc(S(C)(=O)=O)n1. The number of hydrogen-bond donors (Lipinski definition) is 3. The maximum absolute atomic E-state index is 13.2. The normalized spacial score (nSPS) is 22.9. The molecule has 1 aromatic carbocycles. The molecule has 2 bridgehead atoms. The van der Waals surface area contributed by atoms with Gasteiger partial charge in [-0.25, -0.2) is 13.4 Å². The summed E-state index contributed by atoms with van der Waals surface area (Å²) in [5.41, 5.74) is 0.949. The largest absolute Gasteiger partial charge is 0.481 e. The maximum Gasteiger partial charge on any atom is 0.251 e. The molecule has 0 saturated heterocycles. The van der Waals surface area contributed by atoms with Crippen molar-refractivity contribution in [2.75, 3.05) is 13.4 Å². The minimum absolute atomic E-state index is 0.0101. The monoisotopic (exact) mass is 543 g/mol. The number of nitrogens with one attached hydrogen (secondary N) is 2. The van der Waals surface area contributed by atoms with Crippen LogP contribution in [-0.2, 0) is 21.1 Å². The van der Waals surface area contributed by atoms with Crippen LogP contribution in [-0.4, -0.2) is 61.9 Å². The molecule has 2 amide bonds. The molecule has 206 valence electrons. The fourth-order valence-electron chi connectivity index (χ4n) is 5.69. The Balaban J connectivity index is 1.48. The zero-order valence-electron chi connectivity index (χ0n) is 22.1. The lowest BCUT2D eigenvalue weighted by molar-refractivity contribution is -0.126. The first-order valence-electron chi connectivity index (χ1n) is 13.1. The van der Waals surface area contributed by atoms with Gasteiger partial charge in [-0.15, -0.1) is 0 Å². The summed E-state index contributed by atoms with van der Waals surface area (Å²) in [5, 5.41) is 17.0. The first-order valence-corrected chi connectivity index (χ1v) is 15.0. The van der Waals surface area contributed by atoms with Crippen molar-refractivity contribution >= 4 is 21.7 Å². The van der Waals surface area contributed by atoms with Gasteiger partial charge in [-0.3, -0.25) is 9.59 Å². The fourth-order valence-corrected chi connectivity index (χ4v) is 6.29. The number of hydrogen-bond acceptors (Lipinski definition) is 7. The number of carbonyl (C=O) groups excluding carboxylic acids is 2. The Morgan fingerprint density at radius 1 is 1.16 bits per heavy atom. The second-order valence-corrected chi connectivity index (χ2v) is 12.7. The minimum Gasteiger partial charge on any atom is -0.481 e. The molecule has 2 aromatic rings. The van der Waals surface area contributed by atoms with Crippen LogP contribution < -0.4 is 15.4 Å². The molecule has 38 heavy (non-hydrogen) atoms. The zero-order chi connectivity index (χ0) is 27.4. The lowest BCUT2D eigenvalue weighted by Gasteiger charge is -2.28. The summed E-state index contributed by atoms with van der Waals surface area (Å²) in [5.74, 6) is 0.158. The summed E-state index contributed by atoms with van der Waals surface area (Å²) in [7, 11) is -2.35. The highest BCUT2D eigenvalue weighted by Gasteiger charge is 2.40. The van der Waals surface area contributed by atoms with Gasteiger partial charge in [-0.05, 0) is 55.6 Å². The van der Waals surface area contributed by atoms with Crippen LogP contribution in [0.5, 0.6) is 5.88 Å². The minimum atomic E-state index is -3.69. The highest BCUT2D eigenvalue weighted by atomic mass is 32.2. The zero-order valence-corrected chi connectivity index (χ0v) is 22.9. The first-order chi connectivity index (χ1) is 18.0. The van der Waals surface area contributed by atoms with E-state index in [4.69, 9.17) is 4.74 Å². The Kier molecular flexibility index (Phi) is 8.72.